The van der Waals surface area contributed by atoms with Crippen LogP contribution < -0.4 is 10.2 Å². The normalized spacial score (nSPS) is 11.4. The summed E-state index contributed by atoms with van der Waals surface area (Å²) in [6, 6.07) is 3.51. The van der Waals surface area contributed by atoms with E-state index in [2.05, 4.69) is 14.8 Å². The summed E-state index contributed by atoms with van der Waals surface area (Å²) in [5, 5.41) is 2.66. The molecule has 8 nitrogen and oxygen atoms in total. The van der Waals surface area contributed by atoms with E-state index in [0.29, 0.717) is 0 Å². The molecule has 9 heteroatoms. The Morgan fingerprint density at radius 3 is 2.30 bits per heavy atom. The summed E-state index contributed by atoms with van der Waals surface area (Å²) in [5.74, 6) is -2.26. The van der Waals surface area contributed by atoms with Crippen molar-refractivity contribution in [2.75, 3.05) is 31.5 Å². The average Bonchev–Trinajstić information content (AvgIpc) is 2.59. The van der Waals surface area contributed by atoms with Crippen LogP contribution in [0, 0.1) is 5.82 Å². The lowest BCUT2D eigenvalue weighted by molar-refractivity contribution is -0.138. The molecule has 1 rings (SSSR count). The molecule has 148 valence electrons. The second-order valence-electron chi connectivity index (χ2n) is 6.40. The van der Waals surface area contributed by atoms with E-state index in [-0.39, 0.29) is 17.1 Å². The summed E-state index contributed by atoms with van der Waals surface area (Å²) in [5.41, 5.74) is -0.752. The molecular formula is C18H23FN2O6. The predicted octanol–water partition coefficient (Wildman–Crippen LogP) is 2.84. The lowest BCUT2D eigenvalue weighted by atomic mass is 10.2. The van der Waals surface area contributed by atoms with Crippen molar-refractivity contribution in [1.82, 2.24) is 0 Å². The van der Waals surface area contributed by atoms with Gasteiger partial charge in [-0.1, -0.05) is 0 Å². The van der Waals surface area contributed by atoms with Crippen molar-refractivity contribution in [1.29, 1.82) is 0 Å². The van der Waals surface area contributed by atoms with Gasteiger partial charge in [0.25, 0.3) is 0 Å². The third kappa shape index (κ3) is 6.61. The average molecular weight is 382 g/mol. The van der Waals surface area contributed by atoms with E-state index in [1.54, 1.807) is 20.8 Å². The van der Waals surface area contributed by atoms with Gasteiger partial charge < -0.3 is 19.5 Å². The van der Waals surface area contributed by atoms with Crippen molar-refractivity contribution in [3.8, 4) is 0 Å². The van der Waals surface area contributed by atoms with Crippen LogP contribution in [0.25, 0.3) is 0 Å². The lowest BCUT2D eigenvalue weighted by Gasteiger charge is -2.26. The predicted molar refractivity (Wildman–Crippen MR) is 96.8 cm³/mol. The zero-order valence-electron chi connectivity index (χ0n) is 16.1. The number of amides is 1. The molecule has 27 heavy (non-hydrogen) atoms. The molecule has 0 saturated carbocycles. The van der Waals surface area contributed by atoms with Gasteiger partial charge in [-0.3, -0.25) is 4.90 Å². The number of hydrogen-bond donors (Lipinski definition) is 1. The first-order chi connectivity index (χ1) is 12.5. The van der Waals surface area contributed by atoms with Gasteiger partial charge in [0.15, 0.2) is 0 Å². The number of carbonyl (C=O) groups is 3. The Bertz CT molecular complexity index is 755. The Kier molecular flexibility index (Phi) is 7.33. The molecule has 0 aromatic heterocycles. The molecular weight excluding hydrogens is 359 g/mol. The minimum absolute atomic E-state index is 0.0870. The molecule has 0 aliphatic carbocycles. The number of esters is 2. The van der Waals surface area contributed by atoms with Crippen molar-refractivity contribution in [2.45, 2.75) is 26.4 Å². The number of carbonyl (C=O) groups excluding carboxylic acids is 3. The maximum atomic E-state index is 13.7. The van der Waals surface area contributed by atoms with Crippen molar-refractivity contribution in [3.63, 3.8) is 0 Å². The Morgan fingerprint density at radius 2 is 1.78 bits per heavy atom. The van der Waals surface area contributed by atoms with Crippen LogP contribution in [0.3, 0.4) is 0 Å². The van der Waals surface area contributed by atoms with Crippen LogP contribution in [0.15, 0.2) is 30.0 Å². The number of anilines is 2. The number of ether oxygens (including phenoxy) is 3. The fourth-order valence-electron chi connectivity index (χ4n) is 1.89. The smallest absolute Gasteiger partial charge is 0.414 e. The van der Waals surface area contributed by atoms with Gasteiger partial charge >= 0.3 is 18.0 Å². The number of rotatable bonds is 5. The van der Waals surface area contributed by atoms with E-state index in [1.165, 1.54) is 13.1 Å². The molecule has 1 aromatic rings. The zero-order chi connectivity index (χ0) is 20.8. The molecule has 0 aliphatic heterocycles. The molecule has 0 saturated heterocycles. The number of methoxy groups -OCH3 is 2. The summed E-state index contributed by atoms with van der Waals surface area (Å²) in [6.45, 7) is 5.08. The Labute approximate surface area is 156 Å². The summed E-state index contributed by atoms with van der Waals surface area (Å²) < 4.78 is 28.1. The van der Waals surface area contributed by atoms with Gasteiger partial charge in [0.05, 0.1) is 31.7 Å². The van der Waals surface area contributed by atoms with Crippen LogP contribution >= 0.6 is 0 Å². The Morgan fingerprint density at radius 1 is 1.15 bits per heavy atom. The van der Waals surface area contributed by atoms with Gasteiger partial charge in [-0.2, -0.15) is 0 Å². The minimum atomic E-state index is -0.851. The van der Waals surface area contributed by atoms with Gasteiger partial charge in [0.1, 0.15) is 17.1 Å². The van der Waals surface area contributed by atoms with Crippen LogP contribution in [0.5, 0.6) is 0 Å². The molecule has 0 radical (unpaired) electrons. The molecule has 0 unspecified atom stereocenters. The quantitative estimate of drug-likeness (QED) is 0.475. The highest BCUT2D eigenvalue weighted by Crippen LogP contribution is 2.29. The van der Waals surface area contributed by atoms with E-state index in [0.717, 1.165) is 37.3 Å². The number of hydrogen-bond acceptors (Lipinski definition) is 7. The van der Waals surface area contributed by atoms with Crippen LogP contribution in [-0.4, -0.2) is 44.9 Å². The Balaban J connectivity index is 3.28. The second-order valence-corrected chi connectivity index (χ2v) is 6.40. The largest absolute Gasteiger partial charge is 0.466 e. The number of halogens is 1. The third-order valence-corrected chi connectivity index (χ3v) is 3.13. The highest BCUT2D eigenvalue weighted by atomic mass is 19.1. The SMILES string of the molecule is COC(=O)/C=C(/Nc1ccc(F)cc1N(C)C(=O)OC(C)(C)C)C(=O)OC. The van der Waals surface area contributed by atoms with E-state index in [1.807, 2.05) is 0 Å². The lowest BCUT2D eigenvalue weighted by Crippen LogP contribution is -2.34. The van der Waals surface area contributed by atoms with Gasteiger partial charge in [-0.05, 0) is 39.0 Å². The number of nitrogens with one attached hydrogen (secondary N) is 1. The fraction of sp³-hybridized carbons (Fsp3) is 0.389. The maximum Gasteiger partial charge on any atom is 0.414 e. The summed E-state index contributed by atoms with van der Waals surface area (Å²) in [6.07, 6.45) is 0.152. The first kappa shape index (κ1) is 21.9. The molecule has 0 fully saturated rings. The van der Waals surface area contributed by atoms with Crippen LogP contribution in [0.1, 0.15) is 20.8 Å². The summed E-state index contributed by atoms with van der Waals surface area (Å²) in [4.78, 5) is 36.7. The molecule has 1 amide bonds. The van der Waals surface area contributed by atoms with E-state index >= 15 is 0 Å². The van der Waals surface area contributed by atoms with E-state index < -0.39 is 29.5 Å². The van der Waals surface area contributed by atoms with Crippen molar-refractivity contribution in [3.05, 3.63) is 35.8 Å². The Hall–Kier alpha value is -3.10. The summed E-state index contributed by atoms with van der Waals surface area (Å²) >= 11 is 0. The van der Waals surface area contributed by atoms with Crippen molar-refractivity contribution < 1.29 is 33.0 Å². The number of nitrogens with zero attached hydrogens (tertiary/aromatic N) is 1. The zero-order valence-corrected chi connectivity index (χ0v) is 16.1. The molecule has 0 aliphatic rings. The molecule has 0 spiro atoms. The van der Waals surface area contributed by atoms with E-state index in [4.69, 9.17) is 4.74 Å². The third-order valence-electron chi connectivity index (χ3n) is 3.13. The summed E-state index contributed by atoms with van der Waals surface area (Å²) in [7, 11) is 3.66. The standard InChI is InChI=1S/C18H23FN2O6/c1-18(2,3)27-17(24)21(4)14-9-11(19)7-8-12(14)20-13(16(23)26-6)10-15(22)25-5/h7-10,20H,1-6H3/b13-10+. The number of benzene rings is 1. The van der Waals surface area contributed by atoms with E-state index in [9.17, 15) is 18.8 Å². The van der Waals surface area contributed by atoms with Crippen LogP contribution in [-0.2, 0) is 23.8 Å². The van der Waals surface area contributed by atoms with Crippen molar-refractivity contribution in [2.24, 2.45) is 0 Å². The molecule has 0 bridgehead atoms. The molecule has 0 heterocycles. The second kappa shape index (κ2) is 9.02. The van der Waals surface area contributed by atoms with Gasteiger partial charge in [0, 0.05) is 7.05 Å². The highest BCUT2D eigenvalue weighted by Gasteiger charge is 2.24. The van der Waals surface area contributed by atoms with Crippen LogP contribution in [0.2, 0.25) is 0 Å². The molecule has 1 aromatic carbocycles. The monoisotopic (exact) mass is 382 g/mol. The molecule has 1 N–H and O–H groups in total. The van der Waals surface area contributed by atoms with Crippen LogP contribution in [0.4, 0.5) is 20.6 Å². The van der Waals surface area contributed by atoms with Gasteiger partial charge in [-0.25, -0.2) is 18.8 Å². The molecule has 0 atom stereocenters. The highest BCUT2D eigenvalue weighted by molar-refractivity contribution is 6.00. The topological polar surface area (TPSA) is 94.2 Å². The minimum Gasteiger partial charge on any atom is -0.466 e. The van der Waals surface area contributed by atoms with Gasteiger partial charge in [-0.15, -0.1) is 0 Å². The fourth-order valence-corrected chi connectivity index (χ4v) is 1.89. The van der Waals surface area contributed by atoms with Gasteiger partial charge in [0.2, 0.25) is 0 Å². The first-order valence-corrected chi connectivity index (χ1v) is 7.89. The van der Waals surface area contributed by atoms with Crippen molar-refractivity contribution >= 4 is 29.4 Å². The maximum absolute atomic E-state index is 13.7. The first-order valence-electron chi connectivity index (χ1n) is 7.89.